The van der Waals surface area contributed by atoms with Crippen molar-refractivity contribution in [1.82, 2.24) is 36.4 Å². The Hall–Kier alpha value is -4.36. The van der Waals surface area contributed by atoms with Crippen molar-refractivity contribution in [1.29, 1.82) is 0 Å². The Labute approximate surface area is 243 Å². The van der Waals surface area contributed by atoms with E-state index in [0.29, 0.717) is 15.3 Å². The van der Waals surface area contributed by atoms with Crippen LogP contribution in [0.2, 0.25) is 0 Å². The summed E-state index contributed by atoms with van der Waals surface area (Å²) in [5, 5.41) is 34.4. The summed E-state index contributed by atoms with van der Waals surface area (Å²) in [4.78, 5) is 76.1. The Bertz CT molecular complexity index is 1470. The van der Waals surface area contributed by atoms with Gasteiger partial charge in [-0.05, 0) is 39.7 Å². The predicted molar refractivity (Wildman–Crippen MR) is 143 cm³/mol. The predicted octanol–water partition coefficient (Wildman–Crippen LogP) is -0.885. The van der Waals surface area contributed by atoms with Crippen molar-refractivity contribution in [3.05, 3.63) is 57.2 Å². The van der Waals surface area contributed by atoms with E-state index in [0.717, 1.165) is 33.0 Å². The van der Waals surface area contributed by atoms with Crippen molar-refractivity contribution >= 4 is 70.6 Å². The fourth-order valence-corrected chi connectivity index (χ4v) is 7.32. The van der Waals surface area contributed by atoms with E-state index in [2.05, 4.69) is 21.2 Å². The molecule has 2 aromatic rings. The third-order valence-electron chi connectivity index (χ3n) is 6.02. The van der Waals surface area contributed by atoms with E-state index in [1.165, 1.54) is 18.0 Å². The van der Waals surface area contributed by atoms with Crippen LogP contribution >= 0.6 is 34.9 Å². The molecule has 214 valence electrons. The maximum Gasteiger partial charge on any atom is 0.352 e. The lowest BCUT2D eigenvalue weighted by Gasteiger charge is -2.49. The second-order valence-corrected chi connectivity index (χ2v) is 11.7. The highest BCUT2D eigenvalue weighted by Gasteiger charge is 2.54. The van der Waals surface area contributed by atoms with Crippen LogP contribution in [0.1, 0.15) is 10.9 Å². The van der Waals surface area contributed by atoms with Crippen molar-refractivity contribution in [3.63, 3.8) is 0 Å². The number of aromatic nitrogens is 2. The fraction of sp³-hybridized carbons (Fsp3) is 0.273. The van der Waals surface area contributed by atoms with E-state index in [1.54, 1.807) is 29.6 Å². The topological polar surface area (TPSA) is 217 Å². The summed E-state index contributed by atoms with van der Waals surface area (Å²) < 4.78 is 0. The van der Waals surface area contributed by atoms with E-state index >= 15 is 0 Å². The van der Waals surface area contributed by atoms with Gasteiger partial charge in [0.05, 0.1) is 6.20 Å². The molecule has 7 amide bonds. The van der Waals surface area contributed by atoms with Gasteiger partial charge >= 0.3 is 18.0 Å². The number of rotatable bonds is 9. The molecule has 0 radical (unpaired) electrons. The normalized spacial score (nSPS) is 20.6. The SMILES string of the molecule is O=C1CN(NC(=O)NC(C(=O)N[C@H]2C(=O)N3C(C(=O)O)=C(CSc4cccn[n+]4[O-])CSC23)c2cccs2)C(=O)N1. The molecule has 0 aliphatic carbocycles. The lowest BCUT2D eigenvalue weighted by Crippen LogP contribution is -2.71. The van der Waals surface area contributed by atoms with Crippen LogP contribution in [0, 0.1) is 5.21 Å². The molecule has 3 atom stereocenters. The number of hydrogen-bond acceptors (Lipinski definition) is 11. The van der Waals surface area contributed by atoms with E-state index in [-0.39, 0.29) is 22.2 Å². The van der Waals surface area contributed by atoms with Crippen LogP contribution in [0.4, 0.5) is 9.59 Å². The molecular formula is C22H20N8O8S3. The zero-order valence-corrected chi connectivity index (χ0v) is 23.1. The number of hydrazine groups is 1. The number of carbonyl (C=O) groups excluding carboxylic acids is 5. The van der Waals surface area contributed by atoms with Crippen molar-refractivity contribution < 1.29 is 38.7 Å². The minimum Gasteiger partial charge on any atom is -0.593 e. The van der Waals surface area contributed by atoms with Gasteiger partial charge in [0, 0.05) is 27.5 Å². The first-order chi connectivity index (χ1) is 19.6. The van der Waals surface area contributed by atoms with Gasteiger partial charge in [-0.1, -0.05) is 6.07 Å². The molecule has 0 saturated carbocycles. The van der Waals surface area contributed by atoms with Gasteiger partial charge < -0.3 is 20.9 Å². The van der Waals surface area contributed by atoms with E-state index in [1.807, 2.05) is 5.32 Å². The van der Waals surface area contributed by atoms with Crippen LogP contribution in [0.5, 0.6) is 0 Å². The lowest BCUT2D eigenvalue weighted by atomic mass is 10.0. The number of urea groups is 2. The molecule has 0 spiro atoms. The Morgan fingerprint density at radius 3 is 2.73 bits per heavy atom. The number of imide groups is 1. The van der Waals surface area contributed by atoms with Crippen LogP contribution in [-0.4, -0.2) is 85.3 Å². The van der Waals surface area contributed by atoms with Gasteiger partial charge in [-0.2, -0.15) is 0 Å². The Kier molecular flexibility index (Phi) is 7.99. The van der Waals surface area contributed by atoms with Gasteiger partial charge in [-0.15, -0.1) is 23.1 Å². The van der Waals surface area contributed by atoms with Gasteiger partial charge in [-0.3, -0.25) is 24.6 Å². The zero-order chi connectivity index (χ0) is 29.3. The molecular weight excluding hydrogens is 600 g/mol. The molecule has 41 heavy (non-hydrogen) atoms. The molecule has 2 saturated heterocycles. The van der Waals surface area contributed by atoms with Crippen LogP contribution in [0.3, 0.4) is 0 Å². The minimum atomic E-state index is -1.32. The number of hydrogen-bond donors (Lipinski definition) is 5. The number of β-lactam (4-membered cyclic amide) rings is 1. The van der Waals surface area contributed by atoms with Gasteiger partial charge in [0.1, 0.15) is 29.7 Å². The number of aliphatic carboxylic acids is 1. The molecule has 19 heteroatoms. The summed E-state index contributed by atoms with van der Waals surface area (Å²) in [6, 6.07) is 2.28. The summed E-state index contributed by atoms with van der Waals surface area (Å²) in [6.45, 7) is -0.396. The lowest BCUT2D eigenvalue weighted by molar-refractivity contribution is -0.706. The van der Waals surface area contributed by atoms with Gasteiger partial charge in [-0.25, -0.2) is 24.8 Å². The molecule has 0 bridgehead atoms. The summed E-state index contributed by atoms with van der Waals surface area (Å²) in [5.74, 6) is -2.93. The number of nitrogens with zero attached hydrogens (tertiary/aromatic N) is 4. The smallest absolute Gasteiger partial charge is 0.352 e. The average molecular weight is 621 g/mol. The van der Waals surface area contributed by atoms with Crippen LogP contribution in [0.15, 0.2) is 52.1 Å². The van der Waals surface area contributed by atoms with Gasteiger partial charge in [0.15, 0.2) is 0 Å². The molecule has 5 rings (SSSR count). The van der Waals surface area contributed by atoms with Crippen LogP contribution in [-0.2, 0) is 19.2 Å². The molecule has 5 N–H and O–H groups in total. The Balaban J connectivity index is 1.26. The number of fused-ring (bicyclic) bond motifs is 1. The second kappa shape index (κ2) is 11.6. The summed E-state index contributed by atoms with van der Waals surface area (Å²) in [5.41, 5.74) is 2.42. The third kappa shape index (κ3) is 5.77. The molecule has 2 unspecified atom stereocenters. The van der Waals surface area contributed by atoms with Crippen molar-refractivity contribution in [3.8, 4) is 0 Å². The molecule has 2 aromatic heterocycles. The van der Waals surface area contributed by atoms with Crippen molar-refractivity contribution in [2.24, 2.45) is 0 Å². The molecule has 3 aliphatic heterocycles. The van der Waals surface area contributed by atoms with Crippen LogP contribution in [0.25, 0.3) is 0 Å². The highest BCUT2D eigenvalue weighted by Crippen LogP contribution is 2.41. The standard InChI is InChI=1S/C22H20N8O8S3/c31-12-7-28(22(37)24-12)27-21(36)26-14(11-3-2-6-39-11)17(32)25-15-18(33)29-16(20(34)35)10(9-41-19(15)29)8-40-13-4-1-5-23-30(13)38/h1-6,14-15,19H,7-9H2,(H,25,32)(H,34,35)(H,24,31,37)(H2,26,27,36)/t14?,15-,19?/m0/s1. The maximum atomic E-state index is 13.3. The molecule has 3 aliphatic rings. The van der Waals surface area contributed by atoms with E-state index in [9.17, 15) is 39.1 Å². The second-order valence-electron chi connectivity index (χ2n) is 8.65. The Morgan fingerprint density at radius 1 is 1.27 bits per heavy atom. The van der Waals surface area contributed by atoms with Gasteiger partial charge in [0.2, 0.25) is 11.8 Å². The molecule has 5 heterocycles. The average Bonchev–Trinajstić information content (AvgIpc) is 3.58. The zero-order valence-electron chi connectivity index (χ0n) is 20.6. The first-order valence-electron chi connectivity index (χ1n) is 11.7. The Morgan fingerprint density at radius 2 is 2.07 bits per heavy atom. The number of carbonyl (C=O) groups is 6. The molecule has 0 aromatic carbocycles. The number of carboxylic acids is 1. The van der Waals surface area contributed by atoms with Crippen molar-refractivity contribution in [2.75, 3.05) is 18.1 Å². The monoisotopic (exact) mass is 620 g/mol. The first kappa shape index (κ1) is 28.2. The molecule has 16 nitrogen and oxygen atoms in total. The van der Waals surface area contributed by atoms with E-state index in [4.69, 9.17) is 0 Å². The quantitative estimate of drug-likeness (QED) is 0.0762. The van der Waals surface area contributed by atoms with Crippen LogP contribution < -0.4 is 26.2 Å². The third-order valence-corrected chi connectivity index (χ3v) is 9.38. The number of carboxylic acid groups (broad SMARTS) is 1. The summed E-state index contributed by atoms with van der Waals surface area (Å²) in [7, 11) is 0. The number of thiophene rings is 1. The number of amides is 7. The van der Waals surface area contributed by atoms with Crippen molar-refractivity contribution in [2.45, 2.75) is 22.5 Å². The summed E-state index contributed by atoms with van der Waals surface area (Å²) in [6.07, 6.45) is 1.33. The highest BCUT2D eigenvalue weighted by molar-refractivity contribution is 8.01. The van der Waals surface area contributed by atoms with E-state index < -0.39 is 59.8 Å². The highest BCUT2D eigenvalue weighted by atomic mass is 32.2. The largest absolute Gasteiger partial charge is 0.593 e. The first-order valence-corrected chi connectivity index (χ1v) is 14.7. The number of thioether (sulfide) groups is 2. The number of nitrogens with one attached hydrogen (secondary N) is 4. The maximum absolute atomic E-state index is 13.3. The fourth-order valence-electron chi connectivity index (χ4n) is 4.18. The molecule has 2 fully saturated rings. The van der Waals surface area contributed by atoms with Gasteiger partial charge in [0.25, 0.3) is 10.9 Å². The summed E-state index contributed by atoms with van der Waals surface area (Å²) >= 11 is 3.51. The minimum absolute atomic E-state index is 0.135.